The number of aryl methyl sites for hydroxylation is 1. The van der Waals surface area contributed by atoms with Crippen LogP contribution in [0.5, 0.6) is 5.75 Å². The van der Waals surface area contributed by atoms with E-state index in [4.69, 9.17) is 14.5 Å². The van der Waals surface area contributed by atoms with Gasteiger partial charge in [0.05, 0.1) is 30.5 Å². The van der Waals surface area contributed by atoms with Crippen LogP contribution in [-0.2, 0) is 4.74 Å². The van der Waals surface area contributed by atoms with Crippen LogP contribution in [0, 0.1) is 6.92 Å². The Morgan fingerprint density at radius 1 is 1.24 bits per heavy atom. The van der Waals surface area contributed by atoms with E-state index < -0.39 is 0 Å². The Labute approximate surface area is 174 Å². The zero-order valence-corrected chi connectivity index (χ0v) is 17.6. The predicted octanol–water partition coefficient (Wildman–Crippen LogP) is 3.59. The minimum absolute atomic E-state index is 0.0204. The Morgan fingerprint density at radius 2 is 2.07 bits per heavy atom. The van der Waals surface area contributed by atoms with Gasteiger partial charge in [-0.15, -0.1) is 0 Å². The molecule has 6 nitrogen and oxygen atoms in total. The molecule has 1 aliphatic rings. The first-order valence-corrected chi connectivity index (χ1v) is 10.6. The number of amides is 1. The van der Waals surface area contributed by atoms with Gasteiger partial charge in [0.1, 0.15) is 5.75 Å². The molecule has 1 aliphatic heterocycles. The number of carbonyl (C=O) groups is 1. The molecule has 1 fully saturated rings. The maximum Gasteiger partial charge on any atom is 0.260 e. The second-order valence-electron chi connectivity index (χ2n) is 7.11. The maximum atomic E-state index is 13.4. The Kier molecular flexibility index (Phi) is 6.08. The molecule has 3 aromatic rings. The average Bonchev–Trinajstić information content (AvgIpc) is 3.17. The van der Waals surface area contributed by atoms with Gasteiger partial charge in [-0.25, -0.2) is 4.98 Å². The van der Waals surface area contributed by atoms with Crippen molar-refractivity contribution in [2.24, 2.45) is 0 Å². The summed E-state index contributed by atoms with van der Waals surface area (Å²) in [6.07, 6.45) is 0. The van der Waals surface area contributed by atoms with Gasteiger partial charge in [0.15, 0.2) is 5.13 Å². The second-order valence-corrected chi connectivity index (χ2v) is 8.12. The molecule has 1 amide bonds. The molecular formula is C22H25N3O3S. The summed E-state index contributed by atoms with van der Waals surface area (Å²) in [6, 6.07) is 13.5. The van der Waals surface area contributed by atoms with E-state index in [1.807, 2.05) is 49.4 Å². The lowest BCUT2D eigenvalue weighted by Crippen LogP contribution is -2.43. The highest BCUT2D eigenvalue weighted by Crippen LogP contribution is 2.32. The molecule has 0 saturated carbocycles. The minimum Gasteiger partial charge on any atom is -0.497 e. The normalized spacial score (nSPS) is 14.8. The first kappa shape index (κ1) is 19.8. The van der Waals surface area contributed by atoms with Gasteiger partial charge in [0.25, 0.3) is 5.91 Å². The molecule has 4 rings (SSSR count). The fourth-order valence-electron chi connectivity index (χ4n) is 3.42. The van der Waals surface area contributed by atoms with Crippen molar-refractivity contribution in [2.45, 2.75) is 6.92 Å². The van der Waals surface area contributed by atoms with Gasteiger partial charge in [0, 0.05) is 31.7 Å². The lowest BCUT2D eigenvalue weighted by molar-refractivity contribution is 0.0391. The number of anilines is 1. The average molecular weight is 412 g/mol. The van der Waals surface area contributed by atoms with E-state index in [-0.39, 0.29) is 5.91 Å². The van der Waals surface area contributed by atoms with E-state index in [1.165, 1.54) is 11.3 Å². The third-order valence-corrected chi connectivity index (χ3v) is 6.11. The third kappa shape index (κ3) is 4.58. The molecule has 0 spiro atoms. The van der Waals surface area contributed by atoms with Crippen LogP contribution in [0.1, 0.15) is 15.9 Å². The molecule has 1 aromatic heterocycles. The highest BCUT2D eigenvalue weighted by molar-refractivity contribution is 7.22. The number of aromatic nitrogens is 1. The van der Waals surface area contributed by atoms with Crippen LogP contribution in [0.25, 0.3) is 10.2 Å². The molecule has 0 unspecified atom stereocenters. The summed E-state index contributed by atoms with van der Waals surface area (Å²) in [7, 11) is 1.65. The number of ether oxygens (including phenoxy) is 2. The number of hydrogen-bond acceptors (Lipinski definition) is 6. The topological polar surface area (TPSA) is 54.9 Å². The van der Waals surface area contributed by atoms with E-state index in [1.54, 1.807) is 12.0 Å². The van der Waals surface area contributed by atoms with Crippen molar-refractivity contribution in [3.05, 3.63) is 53.6 Å². The van der Waals surface area contributed by atoms with E-state index in [0.29, 0.717) is 17.2 Å². The van der Waals surface area contributed by atoms with Crippen LogP contribution in [0.4, 0.5) is 5.13 Å². The smallest absolute Gasteiger partial charge is 0.260 e. The van der Waals surface area contributed by atoms with E-state index in [2.05, 4.69) is 4.90 Å². The number of hydrogen-bond donors (Lipinski definition) is 0. The Balaban J connectivity index is 1.64. The van der Waals surface area contributed by atoms with Crippen LogP contribution in [-0.4, -0.2) is 62.3 Å². The molecule has 0 radical (unpaired) electrons. The summed E-state index contributed by atoms with van der Waals surface area (Å²) >= 11 is 1.52. The highest BCUT2D eigenvalue weighted by Gasteiger charge is 2.23. The molecule has 152 valence electrons. The van der Waals surface area contributed by atoms with Crippen molar-refractivity contribution < 1.29 is 14.3 Å². The van der Waals surface area contributed by atoms with Crippen LogP contribution < -0.4 is 9.64 Å². The van der Waals surface area contributed by atoms with Crippen LogP contribution >= 0.6 is 11.3 Å². The van der Waals surface area contributed by atoms with Gasteiger partial charge in [-0.3, -0.25) is 14.6 Å². The first-order valence-electron chi connectivity index (χ1n) is 9.77. The van der Waals surface area contributed by atoms with Crippen molar-refractivity contribution in [2.75, 3.05) is 51.4 Å². The molecule has 0 bridgehead atoms. The zero-order valence-electron chi connectivity index (χ0n) is 16.8. The van der Waals surface area contributed by atoms with E-state index in [0.717, 1.165) is 54.4 Å². The summed E-state index contributed by atoms with van der Waals surface area (Å²) in [5.74, 6) is 0.769. The van der Waals surface area contributed by atoms with Gasteiger partial charge >= 0.3 is 0 Å². The van der Waals surface area contributed by atoms with E-state index >= 15 is 0 Å². The lowest BCUT2D eigenvalue weighted by atomic mass is 10.1. The lowest BCUT2D eigenvalue weighted by Gasteiger charge is -2.29. The molecule has 0 aliphatic carbocycles. The van der Waals surface area contributed by atoms with Crippen LogP contribution in [0.15, 0.2) is 42.5 Å². The number of thiazole rings is 1. The van der Waals surface area contributed by atoms with Crippen molar-refractivity contribution >= 4 is 32.6 Å². The van der Waals surface area contributed by atoms with Gasteiger partial charge in [-0.05, 0) is 37.3 Å². The van der Waals surface area contributed by atoms with Gasteiger partial charge in [-0.2, -0.15) is 0 Å². The predicted molar refractivity (Wildman–Crippen MR) is 116 cm³/mol. The van der Waals surface area contributed by atoms with Crippen molar-refractivity contribution in [3.8, 4) is 5.75 Å². The standard InChI is InChI=1S/C22H25N3O3S/c1-16-4-3-5-17(14-16)21(26)25(9-8-24-10-12-28-13-11-24)22-23-19-7-6-18(27-2)15-20(19)29-22/h3-7,14-15H,8-13H2,1-2H3. The van der Waals surface area contributed by atoms with Crippen LogP contribution in [0.3, 0.4) is 0 Å². The Bertz CT molecular complexity index is 998. The van der Waals surface area contributed by atoms with E-state index in [9.17, 15) is 4.79 Å². The second kappa shape index (κ2) is 8.90. The Hall–Kier alpha value is -2.48. The number of benzene rings is 2. The summed E-state index contributed by atoms with van der Waals surface area (Å²) < 4.78 is 11.8. The number of morpholine rings is 1. The number of nitrogens with zero attached hydrogens (tertiary/aromatic N) is 3. The molecule has 1 saturated heterocycles. The summed E-state index contributed by atoms with van der Waals surface area (Å²) in [6.45, 7) is 6.65. The third-order valence-electron chi connectivity index (χ3n) is 5.07. The molecule has 0 N–H and O–H groups in total. The summed E-state index contributed by atoms with van der Waals surface area (Å²) in [5.41, 5.74) is 2.63. The maximum absolute atomic E-state index is 13.4. The largest absolute Gasteiger partial charge is 0.497 e. The molecule has 7 heteroatoms. The fraction of sp³-hybridized carbons (Fsp3) is 0.364. The highest BCUT2D eigenvalue weighted by atomic mass is 32.1. The number of fused-ring (bicyclic) bond motifs is 1. The molecule has 29 heavy (non-hydrogen) atoms. The minimum atomic E-state index is -0.0204. The van der Waals surface area contributed by atoms with Gasteiger partial charge in [0.2, 0.25) is 0 Å². The summed E-state index contributed by atoms with van der Waals surface area (Å²) in [4.78, 5) is 22.3. The zero-order chi connectivity index (χ0) is 20.2. The first-order chi connectivity index (χ1) is 14.1. The number of carbonyl (C=O) groups excluding carboxylic acids is 1. The molecule has 0 atom stereocenters. The quantitative estimate of drug-likeness (QED) is 0.620. The van der Waals surface area contributed by atoms with Gasteiger partial charge in [-0.1, -0.05) is 29.0 Å². The van der Waals surface area contributed by atoms with Gasteiger partial charge < -0.3 is 9.47 Å². The SMILES string of the molecule is COc1ccc2nc(N(CCN3CCOCC3)C(=O)c3cccc(C)c3)sc2c1. The monoisotopic (exact) mass is 411 g/mol. The van der Waals surface area contributed by atoms with Crippen molar-refractivity contribution in [1.29, 1.82) is 0 Å². The number of methoxy groups -OCH3 is 1. The molecule has 2 heterocycles. The number of rotatable bonds is 6. The van der Waals surface area contributed by atoms with Crippen LogP contribution in [0.2, 0.25) is 0 Å². The Morgan fingerprint density at radius 3 is 2.83 bits per heavy atom. The summed E-state index contributed by atoms with van der Waals surface area (Å²) in [5, 5.41) is 0.716. The van der Waals surface area contributed by atoms with Crippen molar-refractivity contribution in [3.63, 3.8) is 0 Å². The molecule has 2 aromatic carbocycles. The van der Waals surface area contributed by atoms with Crippen molar-refractivity contribution in [1.82, 2.24) is 9.88 Å². The fourth-order valence-corrected chi connectivity index (χ4v) is 4.44. The molecular weight excluding hydrogens is 386 g/mol.